The van der Waals surface area contributed by atoms with E-state index in [4.69, 9.17) is 5.73 Å². The van der Waals surface area contributed by atoms with Crippen LogP contribution < -0.4 is 16.4 Å². The first-order valence-electron chi connectivity index (χ1n) is 6.43. The molecule has 2 atom stereocenters. The third-order valence-corrected chi connectivity index (χ3v) is 3.08. The van der Waals surface area contributed by atoms with Crippen LogP contribution in [0.5, 0.6) is 0 Å². The molecule has 1 rings (SSSR count). The van der Waals surface area contributed by atoms with Crippen molar-refractivity contribution >= 4 is 11.8 Å². The van der Waals surface area contributed by atoms with Crippen molar-refractivity contribution in [3.63, 3.8) is 0 Å². The molecule has 1 fully saturated rings. The highest BCUT2D eigenvalue weighted by Crippen LogP contribution is 2.22. The zero-order valence-electron chi connectivity index (χ0n) is 10.5. The molecular weight excluding hydrogens is 218 g/mol. The fraction of sp³-hybridized carbons (Fsp3) is 0.833. The van der Waals surface area contributed by atoms with Crippen molar-refractivity contribution in [2.24, 2.45) is 11.7 Å². The largest absolute Gasteiger partial charge is 0.355 e. The number of carbonyl (C=O) groups excluding carboxylic acids is 2. The van der Waals surface area contributed by atoms with Gasteiger partial charge in [0.1, 0.15) is 0 Å². The van der Waals surface area contributed by atoms with Crippen molar-refractivity contribution in [2.45, 2.75) is 45.1 Å². The maximum atomic E-state index is 11.8. The summed E-state index contributed by atoms with van der Waals surface area (Å²) in [5.41, 5.74) is 5.83. The summed E-state index contributed by atoms with van der Waals surface area (Å²) in [6.07, 6.45) is 4.53. The first-order valence-corrected chi connectivity index (χ1v) is 6.43. The number of nitrogens with one attached hydrogen (secondary N) is 2. The lowest BCUT2D eigenvalue weighted by molar-refractivity contribution is -0.129. The van der Waals surface area contributed by atoms with Gasteiger partial charge in [0, 0.05) is 18.5 Å². The van der Waals surface area contributed by atoms with Crippen LogP contribution in [-0.2, 0) is 9.59 Å². The molecule has 0 aliphatic heterocycles. The van der Waals surface area contributed by atoms with Gasteiger partial charge in [0.05, 0.1) is 6.54 Å². The summed E-state index contributed by atoms with van der Waals surface area (Å²) < 4.78 is 0. The van der Waals surface area contributed by atoms with Gasteiger partial charge in [-0.3, -0.25) is 9.59 Å². The third-order valence-electron chi connectivity index (χ3n) is 3.08. The molecule has 0 saturated heterocycles. The summed E-state index contributed by atoms with van der Waals surface area (Å²) in [7, 11) is 0. The van der Waals surface area contributed by atoms with Gasteiger partial charge in [-0.25, -0.2) is 0 Å². The van der Waals surface area contributed by atoms with Crippen LogP contribution >= 0.6 is 0 Å². The Hall–Kier alpha value is -1.10. The van der Waals surface area contributed by atoms with E-state index in [2.05, 4.69) is 10.6 Å². The van der Waals surface area contributed by atoms with E-state index in [1.807, 2.05) is 6.92 Å². The SMILES string of the molecule is CCCNC(=O)CNC(=O)C1CCCC(N)C1. The van der Waals surface area contributed by atoms with Crippen LogP contribution in [0, 0.1) is 5.92 Å². The Balaban J connectivity index is 2.22. The third kappa shape index (κ3) is 5.17. The van der Waals surface area contributed by atoms with Gasteiger partial charge in [0.15, 0.2) is 0 Å². The average molecular weight is 241 g/mol. The Morgan fingerprint density at radius 3 is 2.71 bits per heavy atom. The minimum atomic E-state index is -0.125. The highest BCUT2D eigenvalue weighted by molar-refractivity contribution is 5.85. The molecule has 0 aromatic rings. The smallest absolute Gasteiger partial charge is 0.239 e. The highest BCUT2D eigenvalue weighted by Gasteiger charge is 2.25. The van der Waals surface area contributed by atoms with Crippen molar-refractivity contribution in [3.8, 4) is 0 Å². The Morgan fingerprint density at radius 2 is 2.06 bits per heavy atom. The van der Waals surface area contributed by atoms with Crippen LogP contribution in [0.3, 0.4) is 0 Å². The fourth-order valence-corrected chi connectivity index (χ4v) is 2.10. The molecule has 0 radical (unpaired) electrons. The van der Waals surface area contributed by atoms with Crippen LogP contribution in [0.15, 0.2) is 0 Å². The topological polar surface area (TPSA) is 84.2 Å². The molecule has 5 nitrogen and oxygen atoms in total. The van der Waals surface area contributed by atoms with Gasteiger partial charge in [-0.1, -0.05) is 13.3 Å². The van der Waals surface area contributed by atoms with Crippen molar-refractivity contribution < 1.29 is 9.59 Å². The first kappa shape index (κ1) is 14.0. The number of hydrogen-bond donors (Lipinski definition) is 3. The summed E-state index contributed by atoms with van der Waals surface area (Å²) in [6, 6.07) is 0.133. The molecule has 4 N–H and O–H groups in total. The predicted octanol–water partition coefficient (Wildman–Crippen LogP) is 0.146. The summed E-state index contributed by atoms with van der Waals surface area (Å²) in [4.78, 5) is 23.1. The maximum absolute atomic E-state index is 11.8. The molecule has 0 heterocycles. The molecule has 98 valence electrons. The summed E-state index contributed by atoms with van der Waals surface area (Å²) in [5.74, 6) is -0.176. The van der Waals surface area contributed by atoms with Crippen molar-refractivity contribution in [1.29, 1.82) is 0 Å². The van der Waals surface area contributed by atoms with Gasteiger partial charge in [0.25, 0.3) is 0 Å². The minimum absolute atomic E-state index is 0.0160. The Labute approximate surface area is 103 Å². The van der Waals surface area contributed by atoms with Gasteiger partial charge in [-0.05, 0) is 25.7 Å². The second kappa shape index (κ2) is 7.27. The number of hydrogen-bond acceptors (Lipinski definition) is 3. The molecule has 5 heteroatoms. The molecule has 1 aliphatic rings. The lowest BCUT2D eigenvalue weighted by Crippen LogP contribution is -2.42. The molecule has 2 amide bonds. The Kier molecular flexibility index (Phi) is 5.97. The molecular formula is C12H23N3O2. The van der Waals surface area contributed by atoms with E-state index in [1.165, 1.54) is 0 Å². The average Bonchev–Trinajstić information content (AvgIpc) is 2.33. The zero-order valence-corrected chi connectivity index (χ0v) is 10.5. The molecule has 0 bridgehead atoms. The molecule has 17 heavy (non-hydrogen) atoms. The number of rotatable bonds is 5. The summed E-state index contributed by atoms with van der Waals surface area (Å²) >= 11 is 0. The Bertz CT molecular complexity index is 268. The molecule has 1 saturated carbocycles. The van der Waals surface area contributed by atoms with Crippen molar-refractivity contribution in [1.82, 2.24) is 10.6 Å². The van der Waals surface area contributed by atoms with Gasteiger partial charge < -0.3 is 16.4 Å². The Morgan fingerprint density at radius 1 is 1.29 bits per heavy atom. The quantitative estimate of drug-likeness (QED) is 0.640. The second-order valence-corrected chi connectivity index (χ2v) is 4.69. The fourth-order valence-electron chi connectivity index (χ4n) is 2.10. The standard InChI is InChI=1S/C12H23N3O2/c1-2-6-14-11(16)8-15-12(17)9-4-3-5-10(13)7-9/h9-10H,2-8,13H2,1H3,(H,14,16)(H,15,17). The monoisotopic (exact) mass is 241 g/mol. The van der Waals surface area contributed by atoms with Crippen LogP contribution in [0.1, 0.15) is 39.0 Å². The van der Waals surface area contributed by atoms with E-state index in [1.54, 1.807) is 0 Å². The minimum Gasteiger partial charge on any atom is -0.355 e. The molecule has 0 aromatic carbocycles. The van der Waals surface area contributed by atoms with Crippen molar-refractivity contribution in [2.75, 3.05) is 13.1 Å². The van der Waals surface area contributed by atoms with Crippen LogP contribution in [0.4, 0.5) is 0 Å². The van der Waals surface area contributed by atoms with Crippen LogP contribution in [-0.4, -0.2) is 30.9 Å². The molecule has 0 aromatic heterocycles. The second-order valence-electron chi connectivity index (χ2n) is 4.69. The molecule has 1 aliphatic carbocycles. The van der Waals surface area contributed by atoms with Gasteiger partial charge in [-0.15, -0.1) is 0 Å². The van der Waals surface area contributed by atoms with Crippen LogP contribution in [0.25, 0.3) is 0 Å². The molecule has 0 spiro atoms. The summed E-state index contributed by atoms with van der Waals surface area (Å²) in [5, 5.41) is 5.40. The number of nitrogens with two attached hydrogens (primary N) is 1. The van der Waals surface area contributed by atoms with Crippen LogP contribution in [0.2, 0.25) is 0 Å². The van der Waals surface area contributed by atoms with Gasteiger partial charge >= 0.3 is 0 Å². The normalized spacial score (nSPS) is 24.1. The predicted molar refractivity (Wildman–Crippen MR) is 66.2 cm³/mol. The number of amides is 2. The van der Waals surface area contributed by atoms with Crippen molar-refractivity contribution in [3.05, 3.63) is 0 Å². The lowest BCUT2D eigenvalue weighted by atomic mass is 9.85. The van der Waals surface area contributed by atoms with E-state index in [-0.39, 0.29) is 30.3 Å². The van der Waals surface area contributed by atoms with Gasteiger partial charge in [0.2, 0.25) is 11.8 Å². The zero-order chi connectivity index (χ0) is 12.7. The highest BCUT2D eigenvalue weighted by atomic mass is 16.2. The first-order chi connectivity index (χ1) is 8.13. The maximum Gasteiger partial charge on any atom is 0.239 e. The molecule has 2 unspecified atom stereocenters. The van der Waals surface area contributed by atoms with E-state index in [0.717, 1.165) is 32.1 Å². The number of carbonyl (C=O) groups is 2. The van der Waals surface area contributed by atoms with E-state index in [0.29, 0.717) is 6.54 Å². The van der Waals surface area contributed by atoms with E-state index in [9.17, 15) is 9.59 Å². The van der Waals surface area contributed by atoms with Gasteiger partial charge in [-0.2, -0.15) is 0 Å². The van der Waals surface area contributed by atoms with E-state index >= 15 is 0 Å². The summed E-state index contributed by atoms with van der Waals surface area (Å²) in [6.45, 7) is 2.72. The lowest BCUT2D eigenvalue weighted by Gasteiger charge is -2.25. The van der Waals surface area contributed by atoms with E-state index < -0.39 is 0 Å².